The number of nitrogens with two attached hydrogens (primary N) is 1. The average molecular weight is 196 g/mol. The minimum atomic E-state index is -0.923. The molecule has 14 heavy (non-hydrogen) atoms. The van der Waals surface area contributed by atoms with E-state index in [2.05, 4.69) is 4.98 Å². The van der Waals surface area contributed by atoms with Crippen LogP contribution in [0.3, 0.4) is 0 Å². The average Bonchev–Trinajstić information content (AvgIpc) is 2.17. The number of methoxy groups -OCH3 is 1. The second kappa shape index (κ2) is 4.57. The molecule has 1 aromatic rings. The molecule has 0 amide bonds. The molecule has 0 aliphatic carbocycles. The predicted molar refractivity (Wildman–Crippen MR) is 50.0 cm³/mol. The number of ether oxygens (including phenoxy) is 1. The van der Waals surface area contributed by atoms with E-state index in [1.54, 1.807) is 12.1 Å². The first-order valence-corrected chi connectivity index (χ1v) is 4.11. The minimum Gasteiger partial charge on any atom is -0.481 e. The van der Waals surface area contributed by atoms with Crippen LogP contribution >= 0.6 is 0 Å². The molecule has 0 bridgehead atoms. The van der Waals surface area contributed by atoms with Gasteiger partial charge in [0.1, 0.15) is 0 Å². The lowest BCUT2D eigenvalue weighted by molar-refractivity contribution is -0.137. The number of hydrogen-bond acceptors (Lipinski definition) is 4. The van der Waals surface area contributed by atoms with E-state index < -0.39 is 12.0 Å². The third-order valence-electron chi connectivity index (χ3n) is 1.79. The van der Waals surface area contributed by atoms with Crippen molar-refractivity contribution >= 4 is 5.97 Å². The molecular formula is C9H12N2O3. The molecule has 0 spiro atoms. The monoisotopic (exact) mass is 196 g/mol. The predicted octanol–water partition coefficient (Wildman–Crippen LogP) is 0.565. The molecule has 0 fully saturated rings. The summed E-state index contributed by atoms with van der Waals surface area (Å²) in [6.07, 6.45) is 1.42. The number of aliphatic carboxylic acids is 1. The normalized spacial score (nSPS) is 12.1. The Morgan fingerprint density at radius 3 is 2.86 bits per heavy atom. The third kappa shape index (κ3) is 2.70. The van der Waals surface area contributed by atoms with Gasteiger partial charge in [-0.25, -0.2) is 4.98 Å². The Balaban J connectivity index is 2.71. The van der Waals surface area contributed by atoms with Gasteiger partial charge >= 0.3 is 5.97 Å². The van der Waals surface area contributed by atoms with Crippen LogP contribution in [-0.2, 0) is 4.79 Å². The van der Waals surface area contributed by atoms with E-state index in [1.165, 1.54) is 13.3 Å². The second-order valence-corrected chi connectivity index (χ2v) is 2.84. The van der Waals surface area contributed by atoms with E-state index in [1.807, 2.05) is 0 Å². The lowest BCUT2D eigenvalue weighted by Crippen LogP contribution is -2.15. The van der Waals surface area contributed by atoms with Gasteiger partial charge in [0.2, 0.25) is 5.88 Å². The summed E-state index contributed by atoms with van der Waals surface area (Å²) < 4.78 is 4.86. The molecule has 76 valence electrons. The van der Waals surface area contributed by atoms with Crippen LogP contribution in [0.15, 0.2) is 18.3 Å². The highest BCUT2D eigenvalue weighted by Crippen LogP contribution is 2.15. The number of nitrogens with zero attached hydrogens (tertiary/aromatic N) is 1. The van der Waals surface area contributed by atoms with E-state index in [-0.39, 0.29) is 6.42 Å². The summed E-state index contributed by atoms with van der Waals surface area (Å²) in [6.45, 7) is 0. The SMILES string of the molecule is COc1ccc(C(N)CC(=O)O)cn1. The maximum absolute atomic E-state index is 10.4. The van der Waals surface area contributed by atoms with Crippen molar-refractivity contribution in [2.45, 2.75) is 12.5 Å². The van der Waals surface area contributed by atoms with Crippen molar-refractivity contribution < 1.29 is 14.6 Å². The molecule has 1 aromatic heterocycles. The highest BCUT2D eigenvalue weighted by molar-refractivity contribution is 5.67. The molecule has 5 heteroatoms. The van der Waals surface area contributed by atoms with Gasteiger partial charge in [-0.3, -0.25) is 4.79 Å². The van der Waals surface area contributed by atoms with Crippen molar-refractivity contribution in [2.75, 3.05) is 7.11 Å². The number of hydrogen-bond donors (Lipinski definition) is 2. The van der Waals surface area contributed by atoms with Crippen molar-refractivity contribution in [2.24, 2.45) is 5.73 Å². The van der Waals surface area contributed by atoms with Gasteiger partial charge in [-0.2, -0.15) is 0 Å². The van der Waals surface area contributed by atoms with Crippen molar-refractivity contribution in [3.05, 3.63) is 23.9 Å². The summed E-state index contributed by atoms with van der Waals surface area (Å²) in [5.74, 6) is -0.440. The van der Waals surface area contributed by atoms with E-state index in [4.69, 9.17) is 15.6 Å². The topological polar surface area (TPSA) is 85.4 Å². The summed E-state index contributed by atoms with van der Waals surface area (Å²) >= 11 is 0. The van der Waals surface area contributed by atoms with Crippen molar-refractivity contribution in [3.63, 3.8) is 0 Å². The highest BCUT2D eigenvalue weighted by atomic mass is 16.5. The number of aromatic nitrogens is 1. The van der Waals surface area contributed by atoms with Crippen LogP contribution in [-0.4, -0.2) is 23.2 Å². The van der Waals surface area contributed by atoms with E-state index in [0.717, 1.165) is 0 Å². The molecule has 0 saturated heterocycles. The van der Waals surface area contributed by atoms with Crippen molar-refractivity contribution in [1.29, 1.82) is 0 Å². The first-order chi connectivity index (χ1) is 6.63. The van der Waals surface area contributed by atoms with E-state index in [0.29, 0.717) is 11.4 Å². The Morgan fingerprint density at radius 2 is 2.43 bits per heavy atom. The maximum Gasteiger partial charge on any atom is 0.305 e. The van der Waals surface area contributed by atoms with Gasteiger partial charge in [0.25, 0.3) is 0 Å². The summed E-state index contributed by atoms with van der Waals surface area (Å²) in [4.78, 5) is 14.3. The number of carboxylic acids is 1. The fraction of sp³-hybridized carbons (Fsp3) is 0.333. The fourth-order valence-electron chi connectivity index (χ4n) is 1.04. The number of carboxylic acid groups (broad SMARTS) is 1. The summed E-state index contributed by atoms with van der Waals surface area (Å²) in [5.41, 5.74) is 6.31. The second-order valence-electron chi connectivity index (χ2n) is 2.84. The molecule has 5 nitrogen and oxygen atoms in total. The quantitative estimate of drug-likeness (QED) is 0.735. The van der Waals surface area contributed by atoms with E-state index in [9.17, 15) is 4.79 Å². The summed E-state index contributed by atoms with van der Waals surface area (Å²) in [7, 11) is 1.51. The molecule has 1 atom stereocenters. The molecule has 0 aliphatic rings. The smallest absolute Gasteiger partial charge is 0.305 e. The fourth-order valence-corrected chi connectivity index (χ4v) is 1.04. The molecule has 0 saturated carbocycles. The van der Waals surface area contributed by atoms with Gasteiger partial charge in [-0.1, -0.05) is 6.07 Å². The van der Waals surface area contributed by atoms with Crippen LogP contribution in [0.2, 0.25) is 0 Å². The van der Waals surface area contributed by atoms with Gasteiger partial charge in [0, 0.05) is 18.3 Å². The van der Waals surface area contributed by atoms with Gasteiger partial charge < -0.3 is 15.6 Å². The van der Waals surface area contributed by atoms with Crippen LogP contribution < -0.4 is 10.5 Å². The van der Waals surface area contributed by atoms with Gasteiger partial charge in [0.15, 0.2) is 0 Å². The van der Waals surface area contributed by atoms with Crippen LogP contribution in [0.5, 0.6) is 5.88 Å². The number of rotatable bonds is 4. The largest absolute Gasteiger partial charge is 0.481 e. The zero-order chi connectivity index (χ0) is 10.6. The Kier molecular flexibility index (Phi) is 3.41. The molecule has 1 unspecified atom stereocenters. The molecule has 3 N–H and O–H groups in total. The maximum atomic E-state index is 10.4. The Bertz CT molecular complexity index is 310. The summed E-state index contributed by atoms with van der Waals surface area (Å²) in [5, 5.41) is 8.52. The molecule has 0 aromatic carbocycles. The lowest BCUT2D eigenvalue weighted by Gasteiger charge is -2.08. The lowest BCUT2D eigenvalue weighted by atomic mass is 10.1. The zero-order valence-corrected chi connectivity index (χ0v) is 7.80. The third-order valence-corrected chi connectivity index (χ3v) is 1.79. The molecule has 1 heterocycles. The Labute approximate surface area is 81.5 Å². The van der Waals surface area contributed by atoms with E-state index >= 15 is 0 Å². The van der Waals surface area contributed by atoms with Gasteiger partial charge in [-0.15, -0.1) is 0 Å². The van der Waals surface area contributed by atoms with Crippen LogP contribution in [0.4, 0.5) is 0 Å². The van der Waals surface area contributed by atoms with Crippen LogP contribution in [0, 0.1) is 0 Å². The molecule has 1 rings (SSSR count). The van der Waals surface area contributed by atoms with Crippen LogP contribution in [0.1, 0.15) is 18.0 Å². The first-order valence-electron chi connectivity index (χ1n) is 4.11. The number of pyridine rings is 1. The van der Waals surface area contributed by atoms with Crippen LogP contribution in [0.25, 0.3) is 0 Å². The molecule has 0 radical (unpaired) electrons. The highest BCUT2D eigenvalue weighted by Gasteiger charge is 2.10. The zero-order valence-electron chi connectivity index (χ0n) is 7.80. The standard InChI is InChI=1S/C9H12N2O3/c1-14-8-3-2-6(5-11-8)7(10)4-9(12)13/h2-3,5,7H,4,10H2,1H3,(H,12,13). The Hall–Kier alpha value is -1.62. The first kappa shape index (κ1) is 10.5. The van der Waals surface area contributed by atoms with Gasteiger partial charge in [0.05, 0.1) is 13.5 Å². The minimum absolute atomic E-state index is 0.103. The molecule has 0 aliphatic heterocycles. The summed E-state index contributed by atoms with van der Waals surface area (Å²) in [6, 6.07) is 2.84. The van der Waals surface area contributed by atoms with Crippen molar-refractivity contribution in [1.82, 2.24) is 4.98 Å². The number of carbonyl (C=O) groups is 1. The molecular weight excluding hydrogens is 184 g/mol. The van der Waals surface area contributed by atoms with Gasteiger partial charge in [-0.05, 0) is 5.56 Å². The Morgan fingerprint density at radius 1 is 1.71 bits per heavy atom. The van der Waals surface area contributed by atoms with Crippen molar-refractivity contribution in [3.8, 4) is 5.88 Å².